The SMILES string of the molecule is CCOC(=O)C1=C(c2ccccc2)N=c2s/c(=C\c3c4ccccc4cc4ccccc34)c(=O)n2[C@H]1c1ccc(C(C)C)cc1. The molecule has 0 amide bonds. The van der Waals surface area contributed by atoms with Crippen LogP contribution in [0.3, 0.4) is 0 Å². The molecule has 0 bridgehead atoms. The molecule has 222 valence electrons. The monoisotopic (exact) mass is 608 g/mol. The number of ether oxygens (including phenoxy) is 1. The Morgan fingerprint density at radius 1 is 0.889 bits per heavy atom. The predicted octanol–water partition coefficient (Wildman–Crippen LogP) is 7.37. The van der Waals surface area contributed by atoms with Crippen LogP contribution in [0.2, 0.25) is 0 Å². The molecule has 0 radical (unpaired) electrons. The van der Waals surface area contributed by atoms with Crippen LogP contribution in [-0.4, -0.2) is 17.1 Å². The average Bonchev–Trinajstić information content (AvgIpc) is 3.38. The van der Waals surface area contributed by atoms with Gasteiger partial charge in [-0.3, -0.25) is 9.36 Å². The number of benzene rings is 5. The number of carbonyl (C=O) groups is 1. The minimum atomic E-state index is -0.705. The highest BCUT2D eigenvalue weighted by atomic mass is 32.1. The van der Waals surface area contributed by atoms with Crippen LogP contribution in [0.4, 0.5) is 0 Å². The molecule has 0 fully saturated rings. The van der Waals surface area contributed by atoms with Crippen LogP contribution in [-0.2, 0) is 9.53 Å². The van der Waals surface area contributed by atoms with Gasteiger partial charge in [-0.2, -0.15) is 0 Å². The molecule has 0 aliphatic carbocycles. The predicted molar refractivity (Wildman–Crippen MR) is 183 cm³/mol. The lowest BCUT2D eigenvalue weighted by atomic mass is 9.91. The minimum Gasteiger partial charge on any atom is -0.463 e. The number of hydrogen-bond donors (Lipinski definition) is 0. The van der Waals surface area contributed by atoms with E-state index in [0.717, 1.165) is 38.2 Å². The van der Waals surface area contributed by atoms with E-state index >= 15 is 0 Å². The van der Waals surface area contributed by atoms with Gasteiger partial charge in [0, 0.05) is 5.56 Å². The van der Waals surface area contributed by atoms with E-state index in [4.69, 9.17) is 9.73 Å². The van der Waals surface area contributed by atoms with Crippen molar-refractivity contribution < 1.29 is 9.53 Å². The standard InChI is InChI=1S/C39H32N2O3S/c1-4-44-38(43)34-35(26-12-6-5-7-13-26)40-39-41(36(34)27-20-18-25(19-21-27)24(2)3)37(42)33(45-39)23-32-30-16-10-8-14-28(30)22-29-15-9-11-17-31(29)32/h5-24,36H,4H2,1-3H3/b33-23-/t36-/m0/s1. The van der Waals surface area contributed by atoms with E-state index in [1.54, 1.807) is 11.5 Å². The highest BCUT2D eigenvalue weighted by molar-refractivity contribution is 7.07. The molecule has 2 heterocycles. The van der Waals surface area contributed by atoms with E-state index in [-0.39, 0.29) is 12.2 Å². The van der Waals surface area contributed by atoms with Crippen LogP contribution in [0.1, 0.15) is 55.0 Å². The normalized spacial score (nSPS) is 15.0. The maximum absolute atomic E-state index is 14.5. The van der Waals surface area contributed by atoms with E-state index in [9.17, 15) is 9.59 Å². The van der Waals surface area contributed by atoms with Crippen molar-refractivity contribution in [3.63, 3.8) is 0 Å². The zero-order valence-corrected chi connectivity index (χ0v) is 26.2. The van der Waals surface area contributed by atoms with Crippen molar-refractivity contribution >= 4 is 50.6 Å². The summed E-state index contributed by atoms with van der Waals surface area (Å²) < 4.78 is 7.85. The van der Waals surface area contributed by atoms with Gasteiger partial charge in [0.15, 0.2) is 4.80 Å². The Balaban J connectivity index is 1.54. The van der Waals surface area contributed by atoms with E-state index in [0.29, 0.717) is 26.5 Å². The first kappa shape index (κ1) is 28.7. The molecule has 1 aliphatic rings. The summed E-state index contributed by atoms with van der Waals surface area (Å²) in [5.74, 6) is -0.135. The van der Waals surface area contributed by atoms with Crippen LogP contribution in [0.5, 0.6) is 0 Å². The lowest BCUT2D eigenvalue weighted by Gasteiger charge is -2.26. The first-order valence-electron chi connectivity index (χ1n) is 15.2. The summed E-state index contributed by atoms with van der Waals surface area (Å²) >= 11 is 1.35. The fourth-order valence-corrected chi connectivity index (χ4v) is 7.14. The van der Waals surface area contributed by atoms with Crippen LogP contribution in [0.15, 0.2) is 125 Å². The molecular weight excluding hydrogens is 577 g/mol. The van der Waals surface area contributed by atoms with Crippen molar-refractivity contribution in [1.82, 2.24) is 4.57 Å². The van der Waals surface area contributed by atoms with Gasteiger partial charge >= 0.3 is 5.97 Å². The first-order chi connectivity index (χ1) is 21.9. The van der Waals surface area contributed by atoms with Crippen LogP contribution in [0.25, 0.3) is 33.3 Å². The molecule has 0 unspecified atom stereocenters. The Morgan fingerprint density at radius 2 is 1.51 bits per heavy atom. The van der Waals surface area contributed by atoms with Crippen LogP contribution >= 0.6 is 11.3 Å². The molecule has 0 saturated carbocycles. The number of hydrogen-bond acceptors (Lipinski definition) is 5. The second-order valence-corrected chi connectivity index (χ2v) is 12.5. The summed E-state index contributed by atoms with van der Waals surface area (Å²) in [4.78, 5) is 33.9. The summed E-state index contributed by atoms with van der Waals surface area (Å²) in [5.41, 5.74) is 4.47. The number of thiazole rings is 1. The van der Waals surface area contributed by atoms with Gasteiger partial charge in [0.1, 0.15) is 0 Å². The molecule has 6 heteroatoms. The maximum Gasteiger partial charge on any atom is 0.338 e. The molecule has 5 aromatic carbocycles. The van der Waals surface area contributed by atoms with Crippen molar-refractivity contribution in [3.05, 3.63) is 157 Å². The van der Waals surface area contributed by atoms with Gasteiger partial charge in [-0.1, -0.05) is 128 Å². The number of nitrogens with zero attached hydrogens (tertiary/aromatic N) is 2. The summed E-state index contributed by atoms with van der Waals surface area (Å²) in [6.07, 6.45) is 1.99. The third-order valence-electron chi connectivity index (χ3n) is 8.38. The first-order valence-corrected chi connectivity index (χ1v) is 16.0. The smallest absolute Gasteiger partial charge is 0.338 e. The third kappa shape index (κ3) is 5.11. The number of rotatable bonds is 6. The van der Waals surface area contributed by atoms with Crippen molar-refractivity contribution in [3.8, 4) is 0 Å². The number of fused-ring (bicyclic) bond motifs is 3. The highest BCUT2D eigenvalue weighted by Gasteiger charge is 2.35. The van der Waals surface area contributed by atoms with E-state index < -0.39 is 12.0 Å². The summed E-state index contributed by atoms with van der Waals surface area (Å²) in [7, 11) is 0. The Hall–Kier alpha value is -5.07. The second kappa shape index (κ2) is 11.8. The van der Waals surface area contributed by atoms with Gasteiger partial charge in [0.2, 0.25) is 0 Å². The topological polar surface area (TPSA) is 60.7 Å². The van der Waals surface area contributed by atoms with Crippen molar-refractivity contribution in [2.75, 3.05) is 6.61 Å². The van der Waals surface area contributed by atoms with Crippen LogP contribution in [0, 0.1) is 0 Å². The van der Waals surface area contributed by atoms with Crippen molar-refractivity contribution in [2.24, 2.45) is 4.99 Å². The van der Waals surface area contributed by atoms with Gasteiger partial charge in [-0.15, -0.1) is 0 Å². The fraction of sp³-hybridized carbons (Fsp3) is 0.154. The quantitative estimate of drug-likeness (QED) is 0.147. The van der Waals surface area contributed by atoms with E-state index in [2.05, 4.69) is 56.3 Å². The number of carbonyl (C=O) groups excluding carboxylic acids is 1. The Morgan fingerprint density at radius 3 is 2.13 bits per heavy atom. The van der Waals surface area contributed by atoms with Crippen molar-refractivity contribution in [1.29, 1.82) is 0 Å². The van der Waals surface area contributed by atoms with E-state index in [1.165, 1.54) is 16.9 Å². The second-order valence-electron chi connectivity index (χ2n) is 11.5. The largest absolute Gasteiger partial charge is 0.463 e. The minimum absolute atomic E-state index is 0.192. The van der Waals surface area contributed by atoms with Gasteiger partial charge in [-0.05, 0) is 63.2 Å². The molecule has 1 aromatic heterocycles. The zero-order valence-electron chi connectivity index (χ0n) is 25.4. The molecule has 1 aliphatic heterocycles. The number of esters is 1. The lowest BCUT2D eigenvalue weighted by Crippen LogP contribution is -2.40. The summed E-state index contributed by atoms with van der Waals surface area (Å²) in [6, 6.07) is 35.8. The van der Waals surface area contributed by atoms with Gasteiger partial charge in [0.05, 0.1) is 28.5 Å². The number of aromatic nitrogens is 1. The van der Waals surface area contributed by atoms with Gasteiger partial charge in [-0.25, -0.2) is 9.79 Å². The molecule has 7 rings (SSSR count). The van der Waals surface area contributed by atoms with Gasteiger partial charge < -0.3 is 4.74 Å². The molecular formula is C39H32N2O3S. The average molecular weight is 609 g/mol. The lowest BCUT2D eigenvalue weighted by molar-refractivity contribution is -0.138. The summed E-state index contributed by atoms with van der Waals surface area (Å²) in [5, 5.41) is 4.35. The fourth-order valence-electron chi connectivity index (χ4n) is 6.15. The van der Waals surface area contributed by atoms with E-state index in [1.807, 2.05) is 72.8 Å². The van der Waals surface area contributed by atoms with Gasteiger partial charge in [0.25, 0.3) is 5.56 Å². The van der Waals surface area contributed by atoms with Crippen molar-refractivity contribution in [2.45, 2.75) is 32.7 Å². The molecule has 45 heavy (non-hydrogen) atoms. The maximum atomic E-state index is 14.5. The highest BCUT2D eigenvalue weighted by Crippen LogP contribution is 2.36. The molecule has 5 nitrogen and oxygen atoms in total. The summed E-state index contributed by atoms with van der Waals surface area (Å²) in [6.45, 7) is 6.29. The third-order valence-corrected chi connectivity index (χ3v) is 9.36. The Kier molecular flexibility index (Phi) is 7.51. The molecule has 0 saturated heterocycles. The zero-order chi connectivity index (χ0) is 31.1. The molecule has 0 N–H and O–H groups in total. The molecule has 1 atom stereocenters. The molecule has 6 aromatic rings. The Labute approximate surface area is 265 Å². The molecule has 0 spiro atoms. The Bertz CT molecular complexity index is 2240. The van der Waals surface area contributed by atoms with Crippen LogP contribution < -0.4 is 14.9 Å².